The van der Waals surface area contributed by atoms with Gasteiger partial charge < -0.3 is 0 Å². The van der Waals surface area contributed by atoms with Crippen molar-refractivity contribution in [3.63, 3.8) is 0 Å². The Bertz CT molecular complexity index is 383. The summed E-state index contributed by atoms with van der Waals surface area (Å²) in [6, 6.07) is 2.23. The summed E-state index contributed by atoms with van der Waals surface area (Å²) < 4.78 is 2.48. The van der Waals surface area contributed by atoms with Crippen molar-refractivity contribution in [1.82, 2.24) is 10.2 Å². The Hall–Kier alpha value is -0.121. The fourth-order valence-corrected chi connectivity index (χ4v) is 33.5. The van der Waals surface area contributed by atoms with E-state index < -0.39 is 18.4 Å². The van der Waals surface area contributed by atoms with E-state index in [0.717, 1.165) is 0 Å². The van der Waals surface area contributed by atoms with E-state index in [4.69, 9.17) is 0 Å². The SMILES string of the molecule is C[C](C)(C)[Sn]([c]1ccnnc1)([C](C)(C)C)[C](C)(C)C. The van der Waals surface area contributed by atoms with Crippen molar-refractivity contribution in [2.75, 3.05) is 0 Å². The molecule has 0 aromatic carbocycles. The summed E-state index contributed by atoms with van der Waals surface area (Å²) in [5.74, 6) is 0. The van der Waals surface area contributed by atoms with Gasteiger partial charge in [-0.25, -0.2) is 0 Å². The summed E-state index contributed by atoms with van der Waals surface area (Å²) in [5, 5.41) is 8.18. The first-order valence-electron chi connectivity index (χ1n) is 7.13. The number of nitrogens with zero attached hydrogens (tertiary/aromatic N) is 2. The van der Waals surface area contributed by atoms with Crippen LogP contribution in [0, 0.1) is 0 Å². The molecule has 19 heavy (non-hydrogen) atoms. The Morgan fingerprint density at radius 3 is 1.42 bits per heavy atom. The molecule has 0 aliphatic heterocycles. The summed E-state index contributed by atoms with van der Waals surface area (Å²) >= 11 is -2.84. The van der Waals surface area contributed by atoms with Gasteiger partial charge in [-0.1, -0.05) is 0 Å². The first kappa shape index (κ1) is 16.9. The number of aromatic nitrogens is 2. The molecule has 3 heteroatoms. The first-order chi connectivity index (χ1) is 8.36. The molecule has 1 aromatic heterocycles. The molecule has 0 N–H and O–H groups in total. The summed E-state index contributed by atoms with van der Waals surface area (Å²) in [6.07, 6.45) is 3.90. The third kappa shape index (κ3) is 2.70. The van der Waals surface area contributed by atoms with Crippen LogP contribution in [0.4, 0.5) is 0 Å². The Balaban J connectivity index is 3.76. The number of hydrogen-bond acceptors (Lipinski definition) is 2. The Labute approximate surface area is 123 Å². The number of hydrogen-bond donors (Lipinski definition) is 0. The minimum absolute atomic E-state index is 0.328. The standard InChI is InChI=1S/C4H3N2.3C4H9.Sn/c1-2-4-6-5-3-1;3*1-4(2)3;/h1,3-4H;3*1-3H3;. The van der Waals surface area contributed by atoms with Crippen LogP contribution in [0.2, 0.25) is 10.3 Å². The second kappa shape index (κ2) is 5.01. The molecule has 0 aliphatic rings. The van der Waals surface area contributed by atoms with E-state index in [1.165, 1.54) is 3.58 Å². The number of rotatable bonds is 1. The van der Waals surface area contributed by atoms with Gasteiger partial charge >= 0.3 is 123 Å². The molecule has 0 radical (unpaired) electrons. The summed E-state index contributed by atoms with van der Waals surface area (Å²) in [4.78, 5) is 0. The van der Waals surface area contributed by atoms with Gasteiger partial charge in [-0.3, -0.25) is 0 Å². The van der Waals surface area contributed by atoms with Crippen LogP contribution in [0.1, 0.15) is 62.3 Å². The van der Waals surface area contributed by atoms with Crippen molar-refractivity contribution in [2.24, 2.45) is 0 Å². The van der Waals surface area contributed by atoms with E-state index >= 15 is 0 Å². The molecule has 0 saturated carbocycles. The molecular formula is C16H30N2Sn. The molecule has 1 heterocycles. The van der Waals surface area contributed by atoms with Gasteiger partial charge in [0.05, 0.1) is 0 Å². The normalized spacial score (nSPS) is 14.6. The van der Waals surface area contributed by atoms with E-state index in [-0.39, 0.29) is 0 Å². The maximum atomic E-state index is 4.19. The van der Waals surface area contributed by atoms with Gasteiger partial charge in [0.1, 0.15) is 0 Å². The average molecular weight is 369 g/mol. The Morgan fingerprint density at radius 2 is 1.16 bits per heavy atom. The summed E-state index contributed by atoms with van der Waals surface area (Å²) in [5.41, 5.74) is 0. The second-order valence-electron chi connectivity index (χ2n) is 8.63. The monoisotopic (exact) mass is 370 g/mol. The van der Waals surface area contributed by atoms with Gasteiger partial charge in [-0.2, -0.15) is 0 Å². The molecule has 0 saturated heterocycles. The molecule has 0 bridgehead atoms. The quantitative estimate of drug-likeness (QED) is 0.680. The fourth-order valence-electron chi connectivity index (χ4n) is 5.19. The van der Waals surface area contributed by atoms with E-state index in [1.54, 1.807) is 0 Å². The first-order valence-corrected chi connectivity index (χ1v) is 12.8. The van der Waals surface area contributed by atoms with Crippen LogP contribution >= 0.6 is 0 Å². The fraction of sp³-hybridized carbons (Fsp3) is 0.750. The Kier molecular flexibility index (Phi) is 4.47. The molecule has 2 nitrogen and oxygen atoms in total. The zero-order valence-corrected chi connectivity index (χ0v) is 17.0. The molecular weight excluding hydrogens is 339 g/mol. The molecule has 0 fully saturated rings. The van der Waals surface area contributed by atoms with Gasteiger partial charge in [0.25, 0.3) is 0 Å². The van der Waals surface area contributed by atoms with Gasteiger partial charge in [0.2, 0.25) is 0 Å². The van der Waals surface area contributed by atoms with Crippen LogP contribution < -0.4 is 3.58 Å². The van der Waals surface area contributed by atoms with Crippen LogP contribution in [-0.2, 0) is 0 Å². The average Bonchev–Trinajstić information content (AvgIpc) is 2.12. The Morgan fingerprint density at radius 1 is 0.737 bits per heavy atom. The van der Waals surface area contributed by atoms with Crippen LogP contribution in [0.25, 0.3) is 0 Å². The maximum absolute atomic E-state index is 4.19. The van der Waals surface area contributed by atoms with E-state index in [0.29, 0.717) is 10.3 Å². The van der Waals surface area contributed by atoms with Crippen molar-refractivity contribution in [1.29, 1.82) is 0 Å². The predicted octanol–water partition coefficient (Wildman–Crippen LogP) is 4.53. The molecule has 0 atom stereocenters. The third-order valence-electron chi connectivity index (χ3n) is 4.39. The van der Waals surface area contributed by atoms with Crippen LogP contribution in [-0.4, -0.2) is 28.6 Å². The zero-order chi connectivity index (χ0) is 15.1. The molecule has 1 aromatic rings. The van der Waals surface area contributed by atoms with Crippen molar-refractivity contribution in [2.45, 2.75) is 72.6 Å². The van der Waals surface area contributed by atoms with Gasteiger partial charge in [0, 0.05) is 0 Å². The van der Waals surface area contributed by atoms with E-state index in [9.17, 15) is 0 Å². The van der Waals surface area contributed by atoms with Crippen molar-refractivity contribution < 1.29 is 0 Å². The topological polar surface area (TPSA) is 25.8 Å². The van der Waals surface area contributed by atoms with Gasteiger partial charge in [-0.15, -0.1) is 0 Å². The third-order valence-corrected chi connectivity index (χ3v) is 27.0. The van der Waals surface area contributed by atoms with E-state index in [2.05, 4.69) is 78.6 Å². The molecule has 0 aliphatic carbocycles. The van der Waals surface area contributed by atoms with Crippen LogP contribution in [0.5, 0.6) is 0 Å². The molecule has 0 amide bonds. The van der Waals surface area contributed by atoms with Crippen LogP contribution in [0.3, 0.4) is 0 Å². The minimum atomic E-state index is -2.84. The van der Waals surface area contributed by atoms with E-state index in [1.807, 2.05) is 12.4 Å². The van der Waals surface area contributed by atoms with Crippen molar-refractivity contribution in [3.8, 4) is 0 Å². The van der Waals surface area contributed by atoms with Crippen LogP contribution in [0.15, 0.2) is 18.5 Å². The zero-order valence-electron chi connectivity index (χ0n) is 14.1. The van der Waals surface area contributed by atoms with Gasteiger partial charge in [0.15, 0.2) is 0 Å². The molecule has 0 spiro atoms. The molecule has 108 valence electrons. The summed E-state index contributed by atoms with van der Waals surface area (Å²) in [7, 11) is 0. The predicted molar refractivity (Wildman–Crippen MR) is 86.6 cm³/mol. The second-order valence-corrected chi connectivity index (χ2v) is 27.4. The molecule has 1 rings (SSSR count). The summed E-state index contributed by atoms with van der Waals surface area (Å²) in [6.45, 7) is 21.9. The van der Waals surface area contributed by atoms with Crippen molar-refractivity contribution >= 4 is 22.0 Å². The molecule has 0 unspecified atom stereocenters. The van der Waals surface area contributed by atoms with Crippen molar-refractivity contribution in [3.05, 3.63) is 18.5 Å². The van der Waals surface area contributed by atoms with Gasteiger partial charge in [-0.05, 0) is 0 Å².